The zero-order chi connectivity index (χ0) is 11.1. The molecule has 0 aliphatic rings. The summed E-state index contributed by atoms with van der Waals surface area (Å²) >= 11 is 0. The number of nitrogens with one attached hydrogen (secondary N) is 1. The largest absolute Gasteiger partial charge is 0.359 e. The molecular weight excluding hydrogens is 182 g/mol. The summed E-state index contributed by atoms with van der Waals surface area (Å²) in [6, 6.07) is -0.0589. The smallest absolute Gasteiger partial charge is 0.319 e. The zero-order valence-corrected chi connectivity index (χ0v) is 9.33. The van der Waals surface area contributed by atoms with Gasteiger partial charge < -0.3 is 15.1 Å². The van der Waals surface area contributed by atoms with Crippen molar-refractivity contribution in [3.05, 3.63) is 0 Å². The molecule has 5 heteroatoms. The molecule has 0 aromatic rings. The number of amides is 3. The first-order chi connectivity index (χ1) is 6.52. The summed E-state index contributed by atoms with van der Waals surface area (Å²) in [6.45, 7) is 3.02. The van der Waals surface area contributed by atoms with Crippen LogP contribution < -0.4 is 5.32 Å². The molecule has 14 heavy (non-hydrogen) atoms. The minimum Gasteiger partial charge on any atom is -0.359 e. The van der Waals surface area contributed by atoms with Gasteiger partial charge >= 0.3 is 6.03 Å². The molecular formula is C9H19N3O2. The molecule has 0 bridgehead atoms. The van der Waals surface area contributed by atoms with Gasteiger partial charge in [0.05, 0.1) is 0 Å². The van der Waals surface area contributed by atoms with Crippen LogP contribution in [0.1, 0.15) is 13.3 Å². The second kappa shape index (κ2) is 6.23. The Kier molecular flexibility index (Phi) is 5.67. The number of nitrogens with zero attached hydrogens (tertiary/aromatic N) is 2. The van der Waals surface area contributed by atoms with Crippen LogP contribution >= 0.6 is 0 Å². The monoisotopic (exact) mass is 201 g/mol. The summed E-state index contributed by atoms with van der Waals surface area (Å²) in [5, 5.41) is 2.51. The van der Waals surface area contributed by atoms with Gasteiger partial charge in [-0.2, -0.15) is 0 Å². The van der Waals surface area contributed by atoms with E-state index < -0.39 is 0 Å². The number of hydrogen-bond acceptors (Lipinski definition) is 2. The molecule has 0 aromatic heterocycles. The molecule has 0 atom stereocenters. The van der Waals surface area contributed by atoms with Gasteiger partial charge in [-0.05, 0) is 6.92 Å². The predicted octanol–water partition coefficient (Wildman–Crippen LogP) is 0.126. The summed E-state index contributed by atoms with van der Waals surface area (Å²) in [5.74, 6) is -0.0520. The third-order valence-corrected chi connectivity index (χ3v) is 2.08. The molecule has 0 aliphatic carbocycles. The Hall–Kier alpha value is -1.26. The van der Waals surface area contributed by atoms with E-state index in [0.29, 0.717) is 19.5 Å². The maximum Gasteiger partial charge on any atom is 0.319 e. The maximum atomic E-state index is 11.5. The topological polar surface area (TPSA) is 52.7 Å². The lowest BCUT2D eigenvalue weighted by Crippen LogP contribution is -2.40. The quantitative estimate of drug-likeness (QED) is 0.702. The number of rotatable bonds is 4. The highest BCUT2D eigenvalue weighted by Crippen LogP contribution is 1.94. The molecule has 1 N–H and O–H groups in total. The minimum atomic E-state index is -0.0589. The van der Waals surface area contributed by atoms with Gasteiger partial charge in [0.1, 0.15) is 0 Å². The summed E-state index contributed by atoms with van der Waals surface area (Å²) in [6.07, 6.45) is 0.344. The first-order valence-corrected chi connectivity index (χ1v) is 4.69. The lowest BCUT2D eigenvalue weighted by molar-refractivity contribution is -0.120. The van der Waals surface area contributed by atoms with E-state index in [2.05, 4.69) is 5.32 Å². The summed E-state index contributed by atoms with van der Waals surface area (Å²) < 4.78 is 0. The molecule has 0 aromatic carbocycles. The molecule has 0 radical (unpaired) electrons. The van der Waals surface area contributed by atoms with Crippen molar-refractivity contribution in [2.75, 3.05) is 34.2 Å². The lowest BCUT2D eigenvalue weighted by Gasteiger charge is -2.23. The van der Waals surface area contributed by atoms with Gasteiger partial charge in [-0.25, -0.2) is 4.79 Å². The van der Waals surface area contributed by atoms with E-state index in [0.717, 1.165) is 0 Å². The Morgan fingerprint density at radius 2 is 1.79 bits per heavy atom. The highest BCUT2D eigenvalue weighted by molar-refractivity contribution is 5.77. The Morgan fingerprint density at radius 3 is 2.21 bits per heavy atom. The van der Waals surface area contributed by atoms with E-state index in [1.165, 1.54) is 0 Å². The molecule has 0 rings (SSSR count). The molecule has 0 saturated carbocycles. The van der Waals surface area contributed by atoms with Gasteiger partial charge in [0.25, 0.3) is 0 Å². The maximum absolute atomic E-state index is 11.5. The molecule has 0 unspecified atom stereocenters. The zero-order valence-electron chi connectivity index (χ0n) is 9.33. The van der Waals surface area contributed by atoms with E-state index in [-0.39, 0.29) is 11.9 Å². The third-order valence-electron chi connectivity index (χ3n) is 2.08. The van der Waals surface area contributed by atoms with Crippen molar-refractivity contribution in [1.29, 1.82) is 0 Å². The van der Waals surface area contributed by atoms with Crippen molar-refractivity contribution in [2.24, 2.45) is 0 Å². The van der Waals surface area contributed by atoms with E-state index in [9.17, 15) is 9.59 Å². The lowest BCUT2D eigenvalue weighted by atomic mass is 10.4. The van der Waals surface area contributed by atoms with E-state index in [1.54, 1.807) is 30.9 Å². The second-order valence-corrected chi connectivity index (χ2v) is 3.14. The molecule has 0 fully saturated rings. The van der Waals surface area contributed by atoms with Crippen LogP contribution in [0.15, 0.2) is 0 Å². The van der Waals surface area contributed by atoms with Crippen LogP contribution in [-0.2, 0) is 4.79 Å². The van der Waals surface area contributed by atoms with Gasteiger partial charge in [-0.15, -0.1) is 0 Å². The number of hydrogen-bond donors (Lipinski definition) is 1. The Labute approximate surface area is 85.1 Å². The Morgan fingerprint density at radius 1 is 1.21 bits per heavy atom. The normalized spacial score (nSPS) is 9.43. The van der Waals surface area contributed by atoms with Crippen LogP contribution in [0, 0.1) is 0 Å². The summed E-state index contributed by atoms with van der Waals surface area (Å²) in [4.78, 5) is 25.6. The molecule has 82 valence electrons. The standard InChI is InChI=1S/C9H19N3O2/c1-5-11(3)9(14)12(4)7-6-8(13)10-2/h5-7H2,1-4H3,(H,10,13). The van der Waals surface area contributed by atoms with Gasteiger partial charge in [0, 0.05) is 40.7 Å². The first kappa shape index (κ1) is 12.7. The molecule has 0 saturated heterocycles. The van der Waals surface area contributed by atoms with Gasteiger partial charge in [0.2, 0.25) is 5.91 Å². The van der Waals surface area contributed by atoms with Crippen molar-refractivity contribution in [3.8, 4) is 0 Å². The average Bonchev–Trinajstić information content (AvgIpc) is 2.22. The van der Waals surface area contributed by atoms with Gasteiger partial charge in [0.15, 0.2) is 0 Å². The molecule has 0 spiro atoms. The van der Waals surface area contributed by atoms with Crippen molar-refractivity contribution in [2.45, 2.75) is 13.3 Å². The molecule has 3 amide bonds. The van der Waals surface area contributed by atoms with E-state index in [1.807, 2.05) is 6.92 Å². The van der Waals surface area contributed by atoms with Crippen LogP contribution in [0.4, 0.5) is 4.79 Å². The van der Waals surface area contributed by atoms with Gasteiger partial charge in [-0.3, -0.25) is 4.79 Å². The summed E-state index contributed by atoms with van der Waals surface area (Å²) in [5.41, 5.74) is 0. The number of urea groups is 1. The van der Waals surface area contributed by atoms with Crippen molar-refractivity contribution < 1.29 is 9.59 Å². The average molecular weight is 201 g/mol. The van der Waals surface area contributed by atoms with Crippen LogP contribution in [0.5, 0.6) is 0 Å². The van der Waals surface area contributed by atoms with Crippen LogP contribution in [0.3, 0.4) is 0 Å². The highest BCUT2D eigenvalue weighted by atomic mass is 16.2. The van der Waals surface area contributed by atoms with Crippen molar-refractivity contribution >= 4 is 11.9 Å². The Balaban J connectivity index is 3.90. The van der Waals surface area contributed by atoms with Crippen LogP contribution in [0.25, 0.3) is 0 Å². The fourth-order valence-electron chi connectivity index (χ4n) is 0.917. The first-order valence-electron chi connectivity index (χ1n) is 4.69. The van der Waals surface area contributed by atoms with Crippen LogP contribution in [0.2, 0.25) is 0 Å². The van der Waals surface area contributed by atoms with Gasteiger partial charge in [-0.1, -0.05) is 0 Å². The fourth-order valence-corrected chi connectivity index (χ4v) is 0.917. The van der Waals surface area contributed by atoms with Crippen molar-refractivity contribution in [3.63, 3.8) is 0 Å². The molecule has 0 heterocycles. The summed E-state index contributed by atoms with van der Waals surface area (Å²) in [7, 11) is 5.01. The molecule has 5 nitrogen and oxygen atoms in total. The highest BCUT2D eigenvalue weighted by Gasteiger charge is 2.12. The van der Waals surface area contributed by atoms with E-state index >= 15 is 0 Å². The number of carbonyl (C=O) groups excluding carboxylic acids is 2. The minimum absolute atomic E-state index is 0.0520. The van der Waals surface area contributed by atoms with E-state index in [4.69, 9.17) is 0 Å². The van der Waals surface area contributed by atoms with Crippen molar-refractivity contribution in [1.82, 2.24) is 15.1 Å². The molecule has 0 aliphatic heterocycles. The number of carbonyl (C=O) groups is 2. The second-order valence-electron chi connectivity index (χ2n) is 3.14. The predicted molar refractivity (Wildman–Crippen MR) is 55.0 cm³/mol. The fraction of sp³-hybridized carbons (Fsp3) is 0.778. The Bertz CT molecular complexity index is 206. The van der Waals surface area contributed by atoms with Crippen LogP contribution in [-0.4, -0.2) is 56.0 Å². The third kappa shape index (κ3) is 4.11. The SMILES string of the molecule is CCN(C)C(=O)N(C)CCC(=O)NC.